The third-order valence-electron chi connectivity index (χ3n) is 12.4. The van der Waals surface area contributed by atoms with Crippen LogP contribution in [-0.4, -0.2) is 27.5 Å². The molecule has 0 saturated heterocycles. The van der Waals surface area contributed by atoms with Crippen LogP contribution in [0.1, 0.15) is 110 Å². The molecule has 4 bridgehead atoms. The molecule has 0 radical (unpaired) electrons. The fourth-order valence-electron chi connectivity index (χ4n) is 10.5. The highest BCUT2D eigenvalue weighted by molar-refractivity contribution is 5.95. The summed E-state index contributed by atoms with van der Waals surface area (Å²) >= 11 is 0. The number of ketones is 1. The Bertz CT molecular complexity index is 1440. The predicted molar refractivity (Wildman–Crippen MR) is 177 cm³/mol. The van der Waals surface area contributed by atoms with E-state index in [4.69, 9.17) is 5.10 Å². The SMILES string of the molecule is O=C(NC1C2CC3CC(C2)CC1C3)c1nn(C2CCCCC2)c2c1CC(C(=O)C(Cc1ccccc1)Cc1ccccc1)CC2. The number of Topliss-reactive ketones (excluding diaryl/α,β-unsaturated/α-hetero) is 1. The number of nitrogens with one attached hydrogen (secondary N) is 1. The predicted octanol–water partition coefficient (Wildman–Crippen LogP) is 7.72. The van der Waals surface area contributed by atoms with E-state index in [9.17, 15) is 9.59 Å². The summed E-state index contributed by atoms with van der Waals surface area (Å²) in [5.74, 6) is 3.24. The Kier molecular flexibility index (Phi) is 8.13. The fraction of sp³-hybridized carbons (Fsp3) is 0.575. The van der Waals surface area contributed by atoms with Gasteiger partial charge in [0.05, 0.1) is 6.04 Å². The van der Waals surface area contributed by atoms with Crippen molar-refractivity contribution < 1.29 is 9.59 Å². The maximum absolute atomic E-state index is 14.5. The van der Waals surface area contributed by atoms with Crippen LogP contribution < -0.4 is 5.32 Å². The topological polar surface area (TPSA) is 64.0 Å². The first kappa shape index (κ1) is 29.2. The molecule has 45 heavy (non-hydrogen) atoms. The van der Waals surface area contributed by atoms with Crippen LogP contribution in [0.3, 0.4) is 0 Å². The van der Waals surface area contributed by atoms with Crippen molar-refractivity contribution in [3.63, 3.8) is 0 Å². The second kappa shape index (κ2) is 12.5. The van der Waals surface area contributed by atoms with Crippen LogP contribution in [-0.2, 0) is 30.5 Å². The zero-order valence-electron chi connectivity index (χ0n) is 26.7. The minimum absolute atomic E-state index is 0.0245. The van der Waals surface area contributed by atoms with E-state index < -0.39 is 0 Å². The molecule has 0 spiro atoms. The highest BCUT2D eigenvalue weighted by Gasteiger charge is 2.49. The van der Waals surface area contributed by atoms with Crippen molar-refractivity contribution in [2.45, 2.75) is 108 Å². The summed E-state index contributed by atoms with van der Waals surface area (Å²) in [7, 11) is 0. The number of benzene rings is 2. The minimum atomic E-state index is -0.0833. The third-order valence-corrected chi connectivity index (χ3v) is 12.4. The normalized spacial score (nSPS) is 29.1. The molecule has 236 valence electrons. The van der Waals surface area contributed by atoms with Gasteiger partial charge in [-0.3, -0.25) is 14.3 Å². The second-order valence-electron chi connectivity index (χ2n) is 15.4. The monoisotopic (exact) mass is 603 g/mol. The van der Waals surface area contributed by atoms with Gasteiger partial charge in [0.1, 0.15) is 5.78 Å². The van der Waals surface area contributed by atoms with Gasteiger partial charge >= 0.3 is 0 Å². The molecule has 1 unspecified atom stereocenters. The van der Waals surface area contributed by atoms with E-state index in [1.807, 2.05) is 12.1 Å². The Labute approximate surface area is 268 Å². The van der Waals surface area contributed by atoms with Crippen molar-refractivity contribution in [2.24, 2.45) is 35.5 Å². The standard InChI is InChI=1S/C40H49N3O2/c44-39(33(19-26-10-4-1-5-11-26)20-27-12-6-2-7-13-27)30-16-17-36-35(25-30)38(42-43(36)34-14-8-3-9-15-34)40(45)41-37-31-21-28-18-29(23-31)24-32(37)22-28/h1-2,4-7,10-13,28-34,37H,3,8-9,14-25H2,(H,41,45). The molecule has 0 aliphatic heterocycles. The molecule has 1 heterocycles. The third kappa shape index (κ3) is 5.92. The smallest absolute Gasteiger partial charge is 0.272 e. The van der Waals surface area contributed by atoms with Gasteiger partial charge in [-0.25, -0.2) is 0 Å². The number of amides is 1. The Morgan fingerprint density at radius 2 is 1.38 bits per heavy atom. The summed E-state index contributed by atoms with van der Waals surface area (Å²) in [4.78, 5) is 28.7. The summed E-state index contributed by atoms with van der Waals surface area (Å²) < 4.78 is 2.26. The Morgan fingerprint density at radius 3 is 1.98 bits per heavy atom. The van der Waals surface area contributed by atoms with E-state index in [-0.39, 0.29) is 17.7 Å². The molecule has 6 aliphatic carbocycles. The lowest BCUT2D eigenvalue weighted by molar-refractivity contribution is -0.127. The van der Waals surface area contributed by atoms with Gasteiger partial charge in [-0.2, -0.15) is 5.10 Å². The van der Waals surface area contributed by atoms with Gasteiger partial charge in [0.2, 0.25) is 0 Å². The van der Waals surface area contributed by atoms with Gasteiger partial charge in [-0.1, -0.05) is 79.9 Å². The van der Waals surface area contributed by atoms with Crippen LogP contribution >= 0.6 is 0 Å². The number of fused-ring (bicyclic) bond motifs is 1. The lowest BCUT2D eigenvalue weighted by Gasteiger charge is -2.54. The molecular weight excluding hydrogens is 554 g/mol. The molecule has 1 N–H and O–H groups in total. The lowest BCUT2D eigenvalue weighted by atomic mass is 9.54. The summed E-state index contributed by atoms with van der Waals surface area (Å²) in [6.45, 7) is 0. The van der Waals surface area contributed by atoms with Crippen molar-refractivity contribution in [2.75, 3.05) is 0 Å². The molecule has 6 aliphatic rings. The first-order chi connectivity index (χ1) is 22.1. The molecule has 1 atom stereocenters. The van der Waals surface area contributed by atoms with Gasteiger partial charge in [0, 0.05) is 29.1 Å². The van der Waals surface area contributed by atoms with Gasteiger partial charge in [0.15, 0.2) is 5.69 Å². The van der Waals surface area contributed by atoms with Crippen LogP contribution in [0.5, 0.6) is 0 Å². The van der Waals surface area contributed by atoms with Crippen molar-refractivity contribution in [1.82, 2.24) is 15.1 Å². The summed E-state index contributed by atoms with van der Waals surface area (Å²) in [6, 6.07) is 21.6. The molecule has 5 fully saturated rings. The summed E-state index contributed by atoms with van der Waals surface area (Å²) in [6.07, 6.45) is 16.4. The average molecular weight is 604 g/mol. The molecule has 1 amide bonds. The highest BCUT2D eigenvalue weighted by atomic mass is 16.2. The Hall–Kier alpha value is -3.21. The van der Waals surface area contributed by atoms with Crippen molar-refractivity contribution in [3.8, 4) is 0 Å². The van der Waals surface area contributed by atoms with Gasteiger partial charge in [-0.15, -0.1) is 0 Å². The van der Waals surface area contributed by atoms with Gasteiger partial charge < -0.3 is 5.32 Å². The number of aromatic nitrogens is 2. The number of carbonyl (C=O) groups is 2. The van der Waals surface area contributed by atoms with Gasteiger partial charge in [0.25, 0.3) is 5.91 Å². The van der Waals surface area contributed by atoms with Crippen LogP contribution in [0.25, 0.3) is 0 Å². The molecular formula is C40H49N3O2. The molecule has 5 nitrogen and oxygen atoms in total. The van der Waals surface area contributed by atoms with Gasteiger partial charge in [-0.05, 0) is 112 Å². The second-order valence-corrected chi connectivity index (χ2v) is 15.4. The van der Waals surface area contributed by atoms with Crippen LogP contribution in [0.2, 0.25) is 0 Å². The Morgan fingerprint density at radius 1 is 0.778 bits per heavy atom. The van der Waals surface area contributed by atoms with E-state index in [0.29, 0.717) is 41.8 Å². The van der Waals surface area contributed by atoms with E-state index in [1.54, 1.807) is 0 Å². The first-order valence-electron chi connectivity index (χ1n) is 18.1. The van der Waals surface area contributed by atoms with Crippen LogP contribution in [0.15, 0.2) is 60.7 Å². The molecule has 3 aromatic rings. The quantitative estimate of drug-likeness (QED) is 0.272. The molecule has 5 heteroatoms. The number of rotatable bonds is 9. The molecule has 1 aromatic heterocycles. The zero-order valence-corrected chi connectivity index (χ0v) is 26.7. The van der Waals surface area contributed by atoms with E-state index >= 15 is 0 Å². The molecule has 2 aromatic carbocycles. The first-order valence-corrected chi connectivity index (χ1v) is 18.1. The van der Waals surface area contributed by atoms with Crippen molar-refractivity contribution >= 4 is 11.7 Å². The highest BCUT2D eigenvalue weighted by Crippen LogP contribution is 2.53. The van der Waals surface area contributed by atoms with Crippen molar-refractivity contribution in [1.29, 1.82) is 0 Å². The number of nitrogens with zero attached hydrogens (tertiary/aromatic N) is 2. The summed E-state index contributed by atoms with van der Waals surface area (Å²) in [5.41, 5.74) is 5.37. The van der Waals surface area contributed by atoms with E-state index in [2.05, 4.69) is 58.5 Å². The number of carbonyl (C=O) groups excluding carboxylic acids is 2. The minimum Gasteiger partial charge on any atom is -0.347 e. The van der Waals surface area contributed by atoms with Crippen LogP contribution in [0, 0.1) is 35.5 Å². The van der Waals surface area contributed by atoms with E-state index in [1.165, 1.54) is 68.2 Å². The average Bonchev–Trinajstić information content (AvgIpc) is 3.46. The molecule has 9 rings (SSSR count). The fourth-order valence-corrected chi connectivity index (χ4v) is 10.5. The number of hydrogen-bond donors (Lipinski definition) is 1. The largest absolute Gasteiger partial charge is 0.347 e. The van der Waals surface area contributed by atoms with Crippen LogP contribution in [0.4, 0.5) is 0 Å². The maximum atomic E-state index is 14.5. The lowest BCUT2D eigenvalue weighted by Crippen LogP contribution is -2.56. The zero-order chi connectivity index (χ0) is 30.3. The maximum Gasteiger partial charge on any atom is 0.272 e. The summed E-state index contributed by atoms with van der Waals surface area (Å²) in [5, 5.41) is 8.74. The van der Waals surface area contributed by atoms with E-state index in [0.717, 1.165) is 55.9 Å². The number of hydrogen-bond acceptors (Lipinski definition) is 3. The molecule has 5 saturated carbocycles. The van der Waals surface area contributed by atoms with Crippen molar-refractivity contribution in [3.05, 3.63) is 88.7 Å². The Balaban J connectivity index is 1.07.